The van der Waals surface area contributed by atoms with Gasteiger partial charge in [-0.3, -0.25) is 0 Å². The number of thioether (sulfide) groups is 1. The van der Waals surface area contributed by atoms with Crippen LogP contribution in [0.4, 0.5) is 5.69 Å². The lowest BCUT2D eigenvalue weighted by Crippen LogP contribution is -2.29. The first-order chi connectivity index (χ1) is 11.1. The average molecular weight is 349 g/mol. The zero-order valence-corrected chi connectivity index (χ0v) is 15.3. The van der Waals surface area contributed by atoms with E-state index in [9.17, 15) is 0 Å². The number of thiocarbonyl (C=S) groups is 1. The molecule has 0 radical (unpaired) electrons. The Hall–Kier alpha value is -1.46. The summed E-state index contributed by atoms with van der Waals surface area (Å²) in [5.74, 6) is 3.59. The van der Waals surface area contributed by atoms with Gasteiger partial charge in [-0.1, -0.05) is 26.0 Å². The summed E-state index contributed by atoms with van der Waals surface area (Å²) in [6.45, 7) is 5.26. The zero-order chi connectivity index (χ0) is 16.5. The molecular formula is C18H24N2OS2. The van der Waals surface area contributed by atoms with E-state index in [4.69, 9.17) is 16.6 Å². The van der Waals surface area contributed by atoms with E-state index in [1.807, 2.05) is 23.9 Å². The van der Waals surface area contributed by atoms with E-state index in [1.165, 1.54) is 5.56 Å². The molecule has 23 heavy (non-hydrogen) atoms. The van der Waals surface area contributed by atoms with E-state index in [0.29, 0.717) is 11.0 Å². The van der Waals surface area contributed by atoms with Gasteiger partial charge in [0.1, 0.15) is 5.76 Å². The lowest BCUT2D eigenvalue weighted by Gasteiger charge is -2.11. The van der Waals surface area contributed by atoms with Crippen LogP contribution in [0.5, 0.6) is 0 Å². The van der Waals surface area contributed by atoms with Crippen molar-refractivity contribution >= 4 is 34.8 Å². The van der Waals surface area contributed by atoms with E-state index < -0.39 is 0 Å². The van der Waals surface area contributed by atoms with Crippen LogP contribution in [-0.4, -0.2) is 17.4 Å². The molecule has 1 aromatic carbocycles. The minimum atomic E-state index is 0.549. The Kier molecular flexibility index (Phi) is 7.49. The molecule has 0 aliphatic carbocycles. The summed E-state index contributed by atoms with van der Waals surface area (Å²) in [7, 11) is 0. The van der Waals surface area contributed by atoms with Gasteiger partial charge < -0.3 is 15.1 Å². The second kappa shape index (κ2) is 9.63. The predicted molar refractivity (Wildman–Crippen MR) is 104 cm³/mol. The first-order valence-corrected chi connectivity index (χ1v) is 9.46. The molecule has 0 amide bonds. The molecule has 1 aromatic heterocycles. The maximum atomic E-state index is 5.32. The zero-order valence-electron chi connectivity index (χ0n) is 13.7. The van der Waals surface area contributed by atoms with Crippen molar-refractivity contribution in [1.29, 1.82) is 0 Å². The van der Waals surface area contributed by atoms with Gasteiger partial charge in [-0.15, -0.1) is 0 Å². The molecule has 5 heteroatoms. The summed E-state index contributed by atoms with van der Waals surface area (Å²) in [5.41, 5.74) is 2.36. The molecule has 2 aromatic rings. The van der Waals surface area contributed by atoms with Crippen molar-refractivity contribution in [3.05, 3.63) is 54.0 Å². The summed E-state index contributed by atoms with van der Waals surface area (Å²) >= 11 is 7.19. The Labute approximate surface area is 148 Å². The Morgan fingerprint density at radius 2 is 2.00 bits per heavy atom. The molecule has 2 rings (SSSR count). The van der Waals surface area contributed by atoms with Gasteiger partial charge in [-0.05, 0) is 60.1 Å². The number of furan rings is 1. The van der Waals surface area contributed by atoms with Crippen LogP contribution in [0.25, 0.3) is 0 Å². The predicted octanol–water partition coefficient (Wildman–Crippen LogP) is 5.01. The molecule has 0 saturated carbocycles. The molecule has 0 aliphatic heterocycles. The number of hydrogen-bond acceptors (Lipinski definition) is 3. The largest absolute Gasteiger partial charge is 0.468 e. The van der Waals surface area contributed by atoms with E-state index >= 15 is 0 Å². The molecule has 0 unspecified atom stereocenters. The average Bonchev–Trinajstić information content (AvgIpc) is 3.04. The first-order valence-electron chi connectivity index (χ1n) is 7.90. The quantitative estimate of drug-likeness (QED) is 0.518. The second-order valence-electron chi connectivity index (χ2n) is 5.64. The molecule has 0 atom stereocenters. The fraction of sp³-hybridized carbons (Fsp3) is 0.389. The van der Waals surface area contributed by atoms with E-state index in [0.717, 1.165) is 35.9 Å². The van der Waals surface area contributed by atoms with E-state index in [2.05, 4.69) is 48.7 Å². The third-order valence-electron chi connectivity index (χ3n) is 3.41. The van der Waals surface area contributed by atoms with Crippen molar-refractivity contribution in [1.82, 2.24) is 5.32 Å². The Morgan fingerprint density at radius 3 is 2.65 bits per heavy atom. The van der Waals surface area contributed by atoms with Crippen molar-refractivity contribution in [3.8, 4) is 0 Å². The smallest absolute Gasteiger partial charge is 0.170 e. The molecular weight excluding hydrogens is 324 g/mol. The van der Waals surface area contributed by atoms with E-state index in [-0.39, 0.29) is 0 Å². The topological polar surface area (TPSA) is 37.2 Å². The van der Waals surface area contributed by atoms with Crippen LogP contribution in [0.15, 0.2) is 47.1 Å². The highest BCUT2D eigenvalue weighted by atomic mass is 32.2. The highest BCUT2D eigenvalue weighted by Gasteiger charge is 2.01. The molecule has 1 heterocycles. The van der Waals surface area contributed by atoms with Crippen LogP contribution in [0.2, 0.25) is 0 Å². The van der Waals surface area contributed by atoms with Gasteiger partial charge in [0.2, 0.25) is 0 Å². The fourth-order valence-corrected chi connectivity index (χ4v) is 3.15. The minimum Gasteiger partial charge on any atom is -0.468 e. The number of anilines is 1. The molecule has 124 valence electrons. The van der Waals surface area contributed by atoms with Crippen LogP contribution < -0.4 is 10.6 Å². The van der Waals surface area contributed by atoms with Gasteiger partial charge in [-0.2, -0.15) is 11.8 Å². The van der Waals surface area contributed by atoms with Crippen LogP contribution in [0.3, 0.4) is 0 Å². The summed E-state index contributed by atoms with van der Waals surface area (Å²) in [6.07, 6.45) is 2.79. The maximum Gasteiger partial charge on any atom is 0.170 e. The Balaban J connectivity index is 1.57. The summed E-state index contributed by atoms with van der Waals surface area (Å²) < 4.78 is 5.30. The standard InChI is InChI=1S/C18H24N2OS2/c1-14(2)15-6-8-16(9-7-15)20-18(22)19-10-4-12-23-13-17-5-3-11-21-17/h3,5-9,11,14H,4,10,12-13H2,1-2H3,(H2,19,20,22). The van der Waals surface area contributed by atoms with Gasteiger partial charge in [0.05, 0.1) is 12.0 Å². The lowest BCUT2D eigenvalue weighted by atomic mass is 10.0. The van der Waals surface area contributed by atoms with Crippen LogP contribution in [0, 0.1) is 0 Å². The van der Waals surface area contributed by atoms with Crippen molar-refractivity contribution in [2.24, 2.45) is 0 Å². The van der Waals surface area contributed by atoms with Crippen molar-refractivity contribution < 1.29 is 4.42 Å². The van der Waals surface area contributed by atoms with Crippen LogP contribution in [-0.2, 0) is 5.75 Å². The fourth-order valence-electron chi connectivity index (χ4n) is 2.07. The van der Waals surface area contributed by atoms with Gasteiger partial charge >= 0.3 is 0 Å². The number of benzene rings is 1. The van der Waals surface area contributed by atoms with Crippen molar-refractivity contribution in [2.45, 2.75) is 31.9 Å². The van der Waals surface area contributed by atoms with Gasteiger partial charge in [-0.25, -0.2) is 0 Å². The molecule has 0 fully saturated rings. The number of nitrogens with one attached hydrogen (secondary N) is 2. The normalized spacial score (nSPS) is 10.7. The van der Waals surface area contributed by atoms with Gasteiger partial charge in [0.15, 0.2) is 5.11 Å². The lowest BCUT2D eigenvalue weighted by molar-refractivity contribution is 0.530. The first kappa shape index (κ1) is 17.9. The molecule has 0 aliphatic rings. The molecule has 0 bridgehead atoms. The van der Waals surface area contributed by atoms with Gasteiger partial charge in [0.25, 0.3) is 0 Å². The SMILES string of the molecule is CC(C)c1ccc(NC(=S)NCCCSCc2ccco2)cc1. The third kappa shape index (κ3) is 6.67. The summed E-state index contributed by atoms with van der Waals surface area (Å²) in [6, 6.07) is 12.4. The molecule has 0 saturated heterocycles. The maximum absolute atomic E-state index is 5.32. The van der Waals surface area contributed by atoms with Crippen molar-refractivity contribution in [2.75, 3.05) is 17.6 Å². The minimum absolute atomic E-state index is 0.549. The number of hydrogen-bond donors (Lipinski definition) is 2. The van der Waals surface area contributed by atoms with E-state index in [1.54, 1.807) is 6.26 Å². The van der Waals surface area contributed by atoms with Gasteiger partial charge in [0, 0.05) is 12.2 Å². The summed E-state index contributed by atoms with van der Waals surface area (Å²) in [5, 5.41) is 7.14. The monoisotopic (exact) mass is 348 g/mol. The van der Waals surface area contributed by atoms with Crippen molar-refractivity contribution in [3.63, 3.8) is 0 Å². The van der Waals surface area contributed by atoms with Crippen LogP contribution >= 0.6 is 24.0 Å². The summed E-state index contributed by atoms with van der Waals surface area (Å²) in [4.78, 5) is 0. The Morgan fingerprint density at radius 1 is 1.22 bits per heavy atom. The molecule has 3 nitrogen and oxygen atoms in total. The second-order valence-corrected chi connectivity index (χ2v) is 7.16. The highest BCUT2D eigenvalue weighted by molar-refractivity contribution is 7.98. The molecule has 0 spiro atoms. The molecule has 2 N–H and O–H groups in total. The van der Waals surface area contributed by atoms with Crippen LogP contribution in [0.1, 0.15) is 37.5 Å². The third-order valence-corrected chi connectivity index (χ3v) is 4.72. The highest BCUT2D eigenvalue weighted by Crippen LogP contribution is 2.17. The number of rotatable bonds is 8. The Bertz CT molecular complexity index is 580.